The molecule has 2 unspecified atom stereocenters. The van der Waals surface area contributed by atoms with Gasteiger partial charge in [0.05, 0.1) is 5.56 Å². The molecule has 1 saturated heterocycles. The van der Waals surface area contributed by atoms with E-state index >= 15 is 0 Å². The minimum atomic E-state index is -0.0531. The molecule has 0 aromatic heterocycles. The number of benzene rings is 1. The van der Waals surface area contributed by atoms with Crippen LogP contribution in [-0.4, -0.2) is 37.0 Å². The summed E-state index contributed by atoms with van der Waals surface area (Å²) in [5, 5.41) is 3.13. The monoisotopic (exact) mass is 261 g/mol. The fraction of sp³-hybridized carbons (Fsp3) is 0.533. The molecule has 0 bridgehead atoms. The van der Waals surface area contributed by atoms with E-state index < -0.39 is 0 Å². The number of likely N-dealkylation sites (tertiary alicyclic amines) is 1. The summed E-state index contributed by atoms with van der Waals surface area (Å²) < 4.78 is 0. The van der Waals surface area contributed by atoms with E-state index in [9.17, 15) is 4.79 Å². The first-order valence-corrected chi connectivity index (χ1v) is 6.83. The fourth-order valence-electron chi connectivity index (χ4n) is 2.68. The van der Waals surface area contributed by atoms with Crippen molar-refractivity contribution in [2.24, 2.45) is 5.92 Å². The average molecular weight is 261 g/mol. The van der Waals surface area contributed by atoms with Gasteiger partial charge in [0, 0.05) is 18.3 Å². The number of nitrogens with two attached hydrogens (primary N) is 1. The summed E-state index contributed by atoms with van der Waals surface area (Å²) in [6, 6.07) is 5.81. The Balaban J connectivity index is 2.06. The van der Waals surface area contributed by atoms with Gasteiger partial charge >= 0.3 is 0 Å². The summed E-state index contributed by atoms with van der Waals surface area (Å²) in [6.07, 6.45) is 0.995. The Morgan fingerprint density at radius 2 is 2.21 bits per heavy atom. The van der Waals surface area contributed by atoms with Crippen LogP contribution >= 0.6 is 0 Å². The molecule has 1 fully saturated rings. The van der Waals surface area contributed by atoms with Crippen molar-refractivity contribution in [1.82, 2.24) is 10.2 Å². The molecule has 1 aromatic carbocycles. The molecule has 4 heteroatoms. The maximum Gasteiger partial charge on any atom is 0.253 e. The number of rotatable bonds is 2. The van der Waals surface area contributed by atoms with Gasteiger partial charge < -0.3 is 16.0 Å². The van der Waals surface area contributed by atoms with Gasteiger partial charge in [-0.25, -0.2) is 0 Å². The zero-order valence-corrected chi connectivity index (χ0v) is 11.9. The van der Waals surface area contributed by atoms with E-state index in [0.717, 1.165) is 25.1 Å². The lowest BCUT2D eigenvalue weighted by Gasteiger charge is -2.35. The van der Waals surface area contributed by atoms with Crippen molar-refractivity contribution in [2.75, 3.05) is 25.9 Å². The Morgan fingerprint density at radius 3 is 2.89 bits per heavy atom. The summed E-state index contributed by atoms with van der Waals surface area (Å²) in [6.45, 7) is 6.20. The largest absolute Gasteiger partial charge is 0.398 e. The highest BCUT2D eigenvalue weighted by atomic mass is 16.1. The Hall–Kier alpha value is -1.55. The van der Waals surface area contributed by atoms with Crippen molar-refractivity contribution < 1.29 is 4.79 Å². The molecule has 1 aliphatic rings. The predicted molar refractivity (Wildman–Crippen MR) is 78.1 cm³/mol. The number of carbonyl (C=O) groups is 1. The highest BCUT2D eigenvalue weighted by molar-refractivity contribution is 5.99. The SMILES string of the molecule is Cc1ccc(N)c(C(=O)NC2CCN(C)CC2C)c1. The van der Waals surface area contributed by atoms with Gasteiger partial charge in [-0.2, -0.15) is 0 Å². The van der Waals surface area contributed by atoms with Crippen LogP contribution in [0.5, 0.6) is 0 Å². The standard InChI is InChI=1S/C15H23N3O/c1-10-4-5-13(16)12(8-10)15(19)17-14-6-7-18(3)9-11(14)2/h4-5,8,11,14H,6-7,9,16H2,1-3H3,(H,17,19). The van der Waals surface area contributed by atoms with Crippen LogP contribution in [0.3, 0.4) is 0 Å². The third-order valence-electron chi connectivity index (χ3n) is 3.88. The van der Waals surface area contributed by atoms with E-state index in [1.54, 1.807) is 6.07 Å². The van der Waals surface area contributed by atoms with Crippen LogP contribution < -0.4 is 11.1 Å². The molecule has 3 N–H and O–H groups in total. The third kappa shape index (κ3) is 3.26. The highest BCUT2D eigenvalue weighted by Crippen LogP contribution is 2.18. The van der Waals surface area contributed by atoms with Crippen LogP contribution in [0.2, 0.25) is 0 Å². The molecular formula is C15H23N3O. The molecule has 2 rings (SSSR count). The molecule has 1 amide bonds. The van der Waals surface area contributed by atoms with Crippen molar-refractivity contribution in [2.45, 2.75) is 26.3 Å². The number of carbonyl (C=O) groups excluding carboxylic acids is 1. The molecule has 1 heterocycles. The van der Waals surface area contributed by atoms with Crippen molar-refractivity contribution >= 4 is 11.6 Å². The Morgan fingerprint density at radius 1 is 1.47 bits per heavy atom. The summed E-state index contributed by atoms with van der Waals surface area (Å²) in [7, 11) is 2.12. The molecule has 1 aromatic rings. The number of hydrogen-bond acceptors (Lipinski definition) is 3. The second-order valence-electron chi connectivity index (χ2n) is 5.70. The molecule has 19 heavy (non-hydrogen) atoms. The summed E-state index contributed by atoms with van der Waals surface area (Å²) in [5.41, 5.74) is 8.07. The lowest BCUT2D eigenvalue weighted by Crippen LogP contribution is -2.48. The summed E-state index contributed by atoms with van der Waals surface area (Å²) in [5.74, 6) is 0.413. The lowest BCUT2D eigenvalue weighted by molar-refractivity contribution is 0.0884. The number of hydrogen-bond donors (Lipinski definition) is 2. The molecule has 1 aliphatic heterocycles. The second-order valence-corrected chi connectivity index (χ2v) is 5.70. The van der Waals surface area contributed by atoms with Gasteiger partial charge in [-0.05, 0) is 45.0 Å². The van der Waals surface area contributed by atoms with Crippen molar-refractivity contribution in [3.63, 3.8) is 0 Å². The minimum absolute atomic E-state index is 0.0531. The van der Waals surface area contributed by atoms with Crippen molar-refractivity contribution in [3.8, 4) is 0 Å². The fourth-order valence-corrected chi connectivity index (χ4v) is 2.68. The molecular weight excluding hydrogens is 238 g/mol. The zero-order chi connectivity index (χ0) is 14.0. The van der Waals surface area contributed by atoms with Gasteiger partial charge in [-0.15, -0.1) is 0 Å². The predicted octanol–water partition coefficient (Wildman–Crippen LogP) is 1.65. The molecule has 0 radical (unpaired) electrons. The first kappa shape index (κ1) is 13.9. The number of anilines is 1. The van der Waals surface area contributed by atoms with Gasteiger partial charge in [0.2, 0.25) is 0 Å². The lowest BCUT2D eigenvalue weighted by atomic mass is 9.94. The van der Waals surface area contributed by atoms with Crippen LogP contribution in [-0.2, 0) is 0 Å². The number of piperidine rings is 1. The Labute approximate surface area is 115 Å². The normalized spacial score (nSPS) is 24.2. The van der Waals surface area contributed by atoms with Gasteiger partial charge in [0.1, 0.15) is 0 Å². The highest BCUT2D eigenvalue weighted by Gasteiger charge is 2.26. The van der Waals surface area contributed by atoms with Crippen molar-refractivity contribution in [1.29, 1.82) is 0 Å². The van der Waals surface area contributed by atoms with Crippen LogP contribution in [0.25, 0.3) is 0 Å². The van der Waals surface area contributed by atoms with Crippen LogP contribution in [0.1, 0.15) is 29.3 Å². The number of nitrogens with zero attached hydrogens (tertiary/aromatic N) is 1. The zero-order valence-electron chi connectivity index (χ0n) is 11.9. The molecule has 0 spiro atoms. The quantitative estimate of drug-likeness (QED) is 0.796. The summed E-state index contributed by atoms with van der Waals surface area (Å²) in [4.78, 5) is 14.6. The molecule has 4 nitrogen and oxygen atoms in total. The van der Waals surface area contributed by atoms with Gasteiger partial charge in [-0.1, -0.05) is 18.6 Å². The van der Waals surface area contributed by atoms with E-state index in [0.29, 0.717) is 17.2 Å². The number of nitrogens with one attached hydrogen (secondary N) is 1. The Kier molecular flexibility index (Phi) is 4.10. The van der Waals surface area contributed by atoms with Gasteiger partial charge in [0.25, 0.3) is 5.91 Å². The smallest absolute Gasteiger partial charge is 0.253 e. The second kappa shape index (κ2) is 5.61. The van der Waals surface area contributed by atoms with Crippen LogP contribution in [0, 0.1) is 12.8 Å². The van der Waals surface area contributed by atoms with Gasteiger partial charge in [0.15, 0.2) is 0 Å². The Bertz CT molecular complexity index is 472. The molecule has 0 aliphatic carbocycles. The third-order valence-corrected chi connectivity index (χ3v) is 3.88. The average Bonchev–Trinajstić information content (AvgIpc) is 2.35. The topological polar surface area (TPSA) is 58.4 Å². The van der Waals surface area contributed by atoms with E-state index in [2.05, 4.69) is 24.2 Å². The molecule has 0 saturated carbocycles. The van der Waals surface area contributed by atoms with E-state index in [1.807, 2.05) is 19.1 Å². The molecule has 104 valence electrons. The first-order chi connectivity index (χ1) is 8.97. The number of amides is 1. The van der Waals surface area contributed by atoms with Crippen LogP contribution in [0.4, 0.5) is 5.69 Å². The van der Waals surface area contributed by atoms with Gasteiger partial charge in [-0.3, -0.25) is 4.79 Å². The number of aryl methyl sites for hydroxylation is 1. The maximum atomic E-state index is 12.3. The summed E-state index contributed by atoms with van der Waals surface area (Å²) >= 11 is 0. The van der Waals surface area contributed by atoms with E-state index in [-0.39, 0.29) is 11.9 Å². The maximum absolute atomic E-state index is 12.3. The van der Waals surface area contributed by atoms with E-state index in [1.165, 1.54) is 0 Å². The number of nitrogen functional groups attached to an aromatic ring is 1. The van der Waals surface area contributed by atoms with E-state index in [4.69, 9.17) is 5.73 Å². The first-order valence-electron chi connectivity index (χ1n) is 6.83. The van der Waals surface area contributed by atoms with Crippen LogP contribution in [0.15, 0.2) is 18.2 Å². The van der Waals surface area contributed by atoms with Crippen molar-refractivity contribution in [3.05, 3.63) is 29.3 Å². The minimum Gasteiger partial charge on any atom is -0.398 e. The molecule has 2 atom stereocenters.